The van der Waals surface area contributed by atoms with Gasteiger partial charge in [0, 0.05) is 16.9 Å². The molecule has 0 heterocycles. The first-order valence-corrected chi connectivity index (χ1v) is 9.02. The van der Waals surface area contributed by atoms with Gasteiger partial charge >= 0.3 is 0 Å². The third-order valence-corrected chi connectivity index (χ3v) is 4.09. The van der Waals surface area contributed by atoms with Gasteiger partial charge in [0.1, 0.15) is 5.75 Å². The maximum Gasteiger partial charge on any atom is 0.265 e. The van der Waals surface area contributed by atoms with E-state index in [9.17, 15) is 9.59 Å². The van der Waals surface area contributed by atoms with Crippen LogP contribution in [0.15, 0.2) is 78.9 Å². The summed E-state index contributed by atoms with van der Waals surface area (Å²) in [4.78, 5) is 24.9. The molecular formula is C23H22N2O3. The minimum absolute atomic E-state index is 0.240. The molecule has 2 amide bonds. The van der Waals surface area contributed by atoms with Crippen LogP contribution in [0.25, 0.3) is 0 Å². The smallest absolute Gasteiger partial charge is 0.265 e. The average molecular weight is 374 g/mol. The molecule has 0 bridgehead atoms. The molecule has 0 saturated carbocycles. The van der Waals surface area contributed by atoms with Crippen LogP contribution < -0.4 is 15.4 Å². The largest absolute Gasteiger partial charge is 0.481 e. The van der Waals surface area contributed by atoms with Gasteiger partial charge in [-0.3, -0.25) is 9.59 Å². The lowest BCUT2D eigenvalue weighted by Crippen LogP contribution is -2.30. The Labute approximate surface area is 164 Å². The highest BCUT2D eigenvalue weighted by atomic mass is 16.5. The molecule has 2 N–H and O–H groups in total. The summed E-state index contributed by atoms with van der Waals surface area (Å²) < 4.78 is 5.62. The molecule has 142 valence electrons. The number of para-hydroxylation sites is 1. The minimum Gasteiger partial charge on any atom is -0.481 e. The molecule has 1 atom stereocenters. The lowest BCUT2D eigenvalue weighted by atomic mass is 10.1. The first-order valence-electron chi connectivity index (χ1n) is 9.02. The van der Waals surface area contributed by atoms with Crippen molar-refractivity contribution in [1.29, 1.82) is 0 Å². The average Bonchev–Trinajstić information content (AvgIpc) is 2.69. The van der Waals surface area contributed by atoms with Gasteiger partial charge < -0.3 is 15.4 Å². The van der Waals surface area contributed by atoms with Gasteiger partial charge in [0.2, 0.25) is 0 Å². The Hall–Kier alpha value is -3.60. The zero-order chi connectivity index (χ0) is 19.9. The highest BCUT2D eigenvalue weighted by Crippen LogP contribution is 2.16. The van der Waals surface area contributed by atoms with Gasteiger partial charge in [-0.2, -0.15) is 0 Å². The minimum atomic E-state index is -0.674. The van der Waals surface area contributed by atoms with E-state index in [1.54, 1.807) is 43.3 Å². The lowest BCUT2D eigenvalue weighted by Gasteiger charge is -2.15. The van der Waals surface area contributed by atoms with Crippen LogP contribution in [0.5, 0.6) is 5.75 Å². The predicted octanol–water partition coefficient (Wildman–Crippen LogP) is 4.65. The van der Waals surface area contributed by atoms with Crippen LogP contribution in [-0.2, 0) is 4.79 Å². The molecule has 0 radical (unpaired) electrons. The van der Waals surface area contributed by atoms with E-state index >= 15 is 0 Å². The van der Waals surface area contributed by atoms with E-state index in [1.165, 1.54) is 0 Å². The number of anilines is 2. The number of hydrogen-bond donors (Lipinski definition) is 2. The monoisotopic (exact) mass is 374 g/mol. The summed E-state index contributed by atoms with van der Waals surface area (Å²) in [6.07, 6.45) is -0.674. The zero-order valence-electron chi connectivity index (χ0n) is 15.8. The van der Waals surface area contributed by atoms with Crippen molar-refractivity contribution in [2.75, 3.05) is 10.6 Å². The van der Waals surface area contributed by atoms with Crippen LogP contribution in [0.4, 0.5) is 11.4 Å². The fraction of sp³-hybridized carbons (Fsp3) is 0.130. The second kappa shape index (κ2) is 8.86. The molecule has 0 aliphatic rings. The van der Waals surface area contributed by atoms with E-state index in [4.69, 9.17) is 4.74 Å². The quantitative estimate of drug-likeness (QED) is 0.660. The highest BCUT2D eigenvalue weighted by Gasteiger charge is 2.15. The highest BCUT2D eigenvalue weighted by molar-refractivity contribution is 6.05. The number of amides is 2. The van der Waals surface area contributed by atoms with Crippen molar-refractivity contribution in [3.8, 4) is 5.75 Å². The number of benzene rings is 3. The summed E-state index contributed by atoms with van der Waals surface area (Å²) >= 11 is 0. The topological polar surface area (TPSA) is 67.4 Å². The van der Waals surface area contributed by atoms with Gasteiger partial charge in [0.25, 0.3) is 11.8 Å². The molecule has 0 saturated heterocycles. The second-order valence-electron chi connectivity index (χ2n) is 6.47. The van der Waals surface area contributed by atoms with Gasteiger partial charge in [0.15, 0.2) is 6.10 Å². The van der Waals surface area contributed by atoms with E-state index < -0.39 is 6.10 Å². The summed E-state index contributed by atoms with van der Waals surface area (Å²) in [6.45, 7) is 3.64. The van der Waals surface area contributed by atoms with Gasteiger partial charge in [-0.1, -0.05) is 36.4 Å². The molecule has 3 aromatic carbocycles. The molecule has 28 heavy (non-hydrogen) atoms. The molecule has 5 heteroatoms. The number of aryl methyl sites for hydroxylation is 1. The summed E-state index contributed by atoms with van der Waals surface area (Å²) in [5.41, 5.74) is 2.77. The number of ether oxygens (including phenoxy) is 1. The van der Waals surface area contributed by atoms with Crippen LogP contribution >= 0.6 is 0 Å². The number of nitrogens with one attached hydrogen (secondary N) is 2. The zero-order valence-corrected chi connectivity index (χ0v) is 15.8. The van der Waals surface area contributed by atoms with Crippen molar-refractivity contribution in [2.24, 2.45) is 0 Å². The van der Waals surface area contributed by atoms with Crippen LogP contribution in [0.2, 0.25) is 0 Å². The Morgan fingerprint density at radius 2 is 1.50 bits per heavy atom. The van der Waals surface area contributed by atoms with Crippen LogP contribution in [-0.4, -0.2) is 17.9 Å². The third-order valence-electron chi connectivity index (χ3n) is 4.09. The standard InChI is InChI=1S/C23H22N2O3/c1-16-8-6-10-19(14-16)25-23(27)18-9-7-11-20(15-18)24-22(26)17(2)28-21-12-4-3-5-13-21/h3-15,17H,1-2H3,(H,24,26)(H,25,27)/t17-/m0/s1. The Kier molecular flexibility index (Phi) is 6.07. The number of hydrogen-bond acceptors (Lipinski definition) is 3. The molecular weight excluding hydrogens is 352 g/mol. The van der Waals surface area contributed by atoms with Crippen LogP contribution in [0.1, 0.15) is 22.8 Å². The van der Waals surface area contributed by atoms with Crippen LogP contribution in [0, 0.1) is 6.92 Å². The molecule has 0 spiro atoms. The van der Waals surface area contributed by atoms with E-state index in [0.717, 1.165) is 11.3 Å². The molecule has 5 nitrogen and oxygen atoms in total. The number of rotatable bonds is 6. The predicted molar refractivity (Wildman–Crippen MR) is 111 cm³/mol. The van der Waals surface area contributed by atoms with E-state index in [1.807, 2.05) is 49.4 Å². The van der Waals surface area contributed by atoms with E-state index in [0.29, 0.717) is 17.0 Å². The summed E-state index contributed by atoms with van der Waals surface area (Å²) in [5, 5.41) is 5.64. The first-order chi connectivity index (χ1) is 13.5. The van der Waals surface area contributed by atoms with Crippen molar-refractivity contribution in [1.82, 2.24) is 0 Å². The Morgan fingerprint density at radius 3 is 2.21 bits per heavy atom. The van der Waals surface area contributed by atoms with Gasteiger partial charge in [-0.25, -0.2) is 0 Å². The maximum atomic E-state index is 12.5. The van der Waals surface area contributed by atoms with Crippen LogP contribution in [0.3, 0.4) is 0 Å². The fourth-order valence-electron chi connectivity index (χ4n) is 2.66. The molecule has 3 rings (SSSR count). The van der Waals surface area contributed by atoms with Crippen molar-refractivity contribution in [3.05, 3.63) is 90.0 Å². The lowest BCUT2D eigenvalue weighted by molar-refractivity contribution is -0.122. The Bertz CT molecular complexity index is 970. The molecule has 0 unspecified atom stereocenters. The van der Waals surface area contributed by atoms with Crippen molar-refractivity contribution in [2.45, 2.75) is 20.0 Å². The van der Waals surface area contributed by atoms with Crippen molar-refractivity contribution < 1.29 is 14.3 Å². The normalized spacial score (nSPS) is 11.4. The summed E-state index contributed by atoms with van der Waals surface area (Å²) in [5.74, 6) is 0.0896. The van der Waals surface area contributed by atoms with Gasteiger partial charge in [0.05, 0.1) is 0 Å². The second-order valence-corrected chi connectivity index (χ2v) is 6.47. The molecule has 0 aromatic heterocycles. The molecule has 3 aromatic rings. The van der Waals surface area contributed by atoms with Crippen molar-refractivity contribution in [3.63, 3.8) is 0 Å². The molecule has 0 aliphatic heterocycles. The summed E-state index contributed by atoms with van der Waals surface area (Å²) in [6, 6.07) is 23.5. The fourth-order valence-corrected chi connectivity index (χ4v) is 2.66. The maximum absolute atomic E-state index is 12.5. The third kappa shape index (κ3) is 5.20. The summed E-state index contributed by atoms with van der Waals surface area (Å²) in [7, 11) is 0. The van der Waals surface area contributed by atoms with Crippen molar-refractivity contribution >= 4 is 23.2 Å². The van der Waals surface area contributed by atoms with E-state index in [-0.39, 0.29) is 11.8 Å². The first kappa shape index (κ1) is 19.2. The molecule has 0 aliphatic carbocycles. The molecule has 0 fully saturated rings. The SMILES string of the molecule is Cc1cccc(NC(=O)c2cccc(NC(=O)[C@H](C)Oc3ccccc3)c2)c1. The number of carbonyl (C=O) groups is 2. The Balaban J connectivity index is 1.64. The Morgan fingerprint density at radius 1 is 0.821 bits per heavy atom. The van der Waals surface area contributed by atoms with Gasteiger partial charge in [-0.05, 0) is 61.9 Å². The van der Waals surface area contributed by atoms with E-state index in [2.05, 4.69) is 10.6 Å². The van der Waals surface area contributed by atoms with Gasteiger partial charge in [-0.15, -0.1) is 0 Å². The number of carbonyl (C=O) groups excluding carboxylic acids is 2.